The molecule has 20 heavy (non-hydrogen) atoms. The summed E-state index contributed by atoms with van der Waals surface area (Å²) in [5.74, 6) is -0.572. The predicted octanol–water partition coefficient (Wildman–Crippen LogP) is 0.809. The summed E-state index contributed by atoms with van der Waals surface area (Å²) in [4.78, 5) is 23.8. The Labute approximate surface area is 121 Å². The van der Waals surface area contributed by atoms with Crippen molar-refractivity contribution in [2.24, 2.45) is 5.73 Å². The van der Waals surface area contributed by atoms with E-state index in [1.807, 2.05) is 0 Å². The highest BCUT2D eigenvalue weighted by Gasteiger charge is 2.52. The minimum Gasteiger partial charge on any atom is -0.444 e. The van der Waals surface area contributed by atoms with E-state index in [1.165, 1.54) is 0 Å². The maximum Gasteiger partial charge on any atom is 0.408 e. The van der Waals surface area contributed by atoms with Crippen LogP contribution in [0.4, 0.5) is 4.79 Å². The van der Waals surface area contributed by atoms with E-state index in [-0.39, 0.29) is 10.5 Å². The highest BCUT2D eigenvalue weighted by atomic mass is 32.2. The first kappa shape index (κ1) is 15.3. The van der Waals surface area contributed by atoms with Crippen LogP contribution in [0.3, 0.4) is 0 Å². The Morgan fingerprint density at radius 3 is 2.15 bits per heavy atom. The van der Waals surface area contributed by atoms with E-state index in [4.69, 9.17) is 10.5 Å². The van der Waals surface area contributed by atoms with Crippen LogP contribution in [0.5, 0.6) is 0 Å². The number of alkyl carbamates (subject to hydrolysis) is 1. The molecule has 2 aliphatic rings. The van der Waals surface area contributed by atoms with E-state index >= 15 is 0 Å². The van der Waals surface area contributed by atoms with Crippen molar-refractivity contribution in [3.63, 3.8) is 0 Å². The van der Waals surface area contributed by atoms with Gasteiger partial charge in [0.2, 0.25) is 5.91 Å². The lowest BCUT2D eigenvalue weighted by atomic mass is 9.88. The summed E-state index contributed by atoms with van der Waals surface area (Å²) < 4.78 is 17.2. The Kier molecular flexibility index (Phi) is 3.83. The second-order valence-electron chi connectivity index (χ2n) is 6.63. The Morgan fingerprint density at radius 2 is 1.75 bits per heavy atom. The van der Waals surface area contributed by atoms with Gasteiger partial charge in [0.05, 0.1) is 0 Å². The summed E-state index contributed by atoms with van der Waals surface area (Å²) >= 11 is 0. The van der Waals surface area contributed by atoms with Gasteiger partial charge in [-0.15, -0.1) is 0 Å². The van der Waals surface area contributed by atoms with Gasteiger partial charge < -0.3 is 15.8 Å². The van der Waals surface area contributed by atoms with Gasteiger partial charge in [-0.1, -0.05) is 0 Å². The summed E-state index contributed by atoms with van der Waals surface area (Å²) in [6.45, 7) is 5.26. The zero-order valence-corrected chi connectivity index (χ0v) is 12.9. The van der Waals surface area contributed by atoms with Crippen molar-refractivity contribution >= 4 is 22.8 Å². The number of amides is 2. The lowest BCUT2D eigenvalue weighted by Gasteiger charge is -2.38. The van der Waals surface area contributed by atoms with Gasteiger partial charge in [0.25, 0.3) is 0 Å². The van der Waals surface area contributed by atoms with Crippen LogP contribution in [0.2, 0.25) is 0 Å². The van der Waals surface area contributed by atoms with E-state index in [1.54, 1.807) is 20.8 Å². The first-order valence-electron chi connectivity index (χ1n) is 6.83. The van der Waals surface area contributed by atoms with Crippen molar-refractivity contribution < 1.29 is 18.5 Å². The number of hydrogen-bond acceptors (Lipinski definition) is 4. The highest BCUT2D eigenvalue weighted by Crippen LogP contribution is 2.40. The lowest BCUT2D eigenvalue weighted by molar-refractivity contribution is -0.125. The Bertz CT molecular complexity index is 442. The normalized spacial score (nSPS) is 36.5. The predicted molar refractivity (Wildman–Crippen MR) is 75.5 cm³/mol. The van der Waals surface area contributed by atoms with Crippen LogP contribution in [-0.4, -0.2) is 37.8 Å². The molecule has 0 aliphatic carbocycles. The molecule has 7 heteroatoms. The van der Waals surface area contributed by atoms with E-state index in [2.05, 4.69) is 5.32 Å². The van der Waals surface area contributed by atoms with Crippen LogP contribution in [0.25, 0.3) is 0 Å². The molecule has 0 aromatic heterocycles. The zero-order chi connectivity index (χ0) is 15.1. The molecule has 0 saturated carbocycles. The van der Waals surface area contributed by atoms with Crippen LogP contribution in [-0.2, 0) is 20.3 Å². The zero-order valence-electron chi connectivity index (χ0n) is 12.1. The molecular weight excluding hydrogens is 280 g/mol. The maximum atomic E-state index is 12.0. The second-order valence-corrected chi connectivity index (χ2v) is 8.62. The van der Waals surface area contributed by atoms with Gasteiger partial charge in [-0.05, 0) is 46.5 Å². The van der Waals surface area contributed by atoms with Crippen molar-refractivity contribution in [1.82, 2.24) is 5.32 Å². The van der Waals surface area contributed by atoms with Crippen LogP contribution in [0.1, 0.15) is 46.5 Å². The third kappa shape index (κ3) is 2.97. The van der Waals surface area contributed by atoms with Gasteiger partial charge in [-0.25, -0.2) is 4.79 Å². The Morgan fingerprint density at radius 1 is 1.25 bits per heavy atom. The summed E-state index contributed by atoms with van der Waals surface area (Å²) in [5, 5.41) is 2.52. The number of rotatable bonds is 2. The molecule has 2 rings (SSSR count). The minimum atomic E-state index is -1.12. The van der Waals surface area contributed by atoms with E-state index < -0.39 is 33.9 Å². The molecule has 2 saturated heterocycles. The van der Waals surface area contributed by atoms with Gasteiger partial charge in [0, 0.05) is 21.3 Å². The number of hydrogen-bond donors (Lipinski definition) is 2. The van der Waals surface area contributed by atoms with Gasteiger partial charge in [0.1, 0.15) is 11.1 Å². The largest absolute Gasteiger partial charge is 0.444 e. The maximum absolute atomic E-state index is 12.0. The average molecular weight is 302 g/mol. The van der Waals surface area contributed by atoms with E-state index in [9.17, 15) is 13.8 Å². The molecular formula is C13H22N2O4S. The number of nitrogens with one attached hydrogen (secondary N) is 1. The van der Waals surface area contributed by atoms with Crippen molar-refractivity contribution in [3.05, 3.63) is 0 Å². The molecule has 0 aromatic carbocycles. The molecule has 3 N–H and O–H groups in total. The fourth-order valence-electron chi connectivity index (χ4n) is 2.97. The van der Waals surface area contributed by atoms with Gasteiger partial charge >= 0.3 is 6.09 Å². The third-order valence-electron chi connectivity index (χ3n) is 3.83. The summed E-state index contributed by atoms with van der Waals surface area (Å²) in [6.07, 6.45) is 1.67. The van der Waals surface area contributed by atoms with Crippen molar-refractivity contribution in [2.45, 2.75) is 68.1 Å². The average Bonchev–Trinajstić information content (AvgIpc) is 2.51. The molecule has 0 aromatic rings. The van der Waals surface area contributed by atoms with Crippen LogP contribution in [0, 0.1) is 0 Å². The molecule has 2 fully saturated rings. The van der Waals surface area contributed by atoms with Crippen molar-refractivity contribution in [3.8, 4) is 0 Å². The molecule has 0 spiro atoms. The standard InChI is InChI=1S/C13H22N2O4S/c1-12(2,3)19-11(17)15-13(10(14)16)6-8-4-5-9(7-13)20(8)18/h8-9H,4-7H2,1-3H3,(H2,14,16)(H,15,17). The number of nitrogens with two attached hydrogens (primary N) is 1. The molecule has 2 heterocycles. The molecule has 2 unspecified atom stereocenters. The Hall–Kier alpha value is -1.11. The van der Waals surface area contributed by atoms with Crippen LogP contribution in [0.15, 0.2) is 0 Å². The topological polar surface area (TPSA) is 98.5 Å². The molecule has 2 atom stereocenters. The molecule has 2 amide bonds. The van der Waals surface area contributed by atoms with Crippen molar-refractivity contribution in [1.29, 1.82) is 0 Å². The first-order valence-corrected chi connectivity index (χ1v) is 8.11. The molecule has 2 bridgehead atoms. The fourth-order valence-corrected chi connectivity index (χ4v) is 5.15. The first-order chi connectivity index (χ1) is 9.13. The van der Waals surface area contributed by atoms with Crippen LogP contribution >= 0.6 is 0 Å². The third-order valence-corrected chi connectivity index (χ3v) is 5.95. The van der Waals surface area contributed by atoms with Crippen LogP contribution < -0.4 is 11.1 Å². The highest BCUT2D eigenvalue weighted by molar-refractivity contribution is 7.86. The monoisotopic (exact) mass is 302 g/mol. The minimum absolute atomic E-state index is 0.0591. The molecule has 6 nitrogen and oxygen atoms in total. The number of carbonyl (C=O) groups excluding carboxylic acids is 2. The molecule has 0 radical (unpaired) electrons. The lowest BCUT2D eigenvalue weighted by Crippen LogP contribution is -2.62. The van der Waals surface area contributed by atoms with Gasteiger partial charge in [0.15, 0.2) is 0 Å². The van der Waals surface area contributed by atoms with E-state index in [0.717, 1.165) is 12.8 Å². The number of ether oxygens (including phenoxy) is 1. The smallest absolute Gasteiger partial charge is 0.408 e. The van der Waals surface area contributed by atoms with Gasteiger partial charge in [-0.2, -0.15) is 0 Å². The molecule has 2 aliphatic heterocycles. The SMILES string of the molecule is CC(C)(C)OC(=O)NC1(C(N)=O)CC2CCC(C1)S2=O. The molecule has 114 valence electrons. The van der Waals surface area contributed by atoms with E-state index in [0.29, 0.717) is 12.8 Å². The quantitative estimate of drug-likeness (QED) is 0.788. The second kappa shape index (κ2) is 5.02. The van der Waals surface area contributed by atoms with Crippen molar-refractivity contribution in [2.75, 3.05) is 0 Å². The number of carbonyl (C=O) groups is 2. The van der Waals surface area contributed by atoms with Gasteiger partial charge in [-0.3, -0.25) is 9.00 Å². The fraction of sp³-hybridized carbons (Fsp3) is 0.846. The summed E-state index contributed by atoms with van der Waals surface area (Å²) in [7, 11) is -0.915. The Balaban J connectivity index is 2.14. The summed E-state index contributed by atoms with van der Waals surface area (Å²) in [6, 6.07) is 0. The summed E-state index contributed by atoms with van der Waals surface area (Å²) in [5.41, 5.74) is 3.74. The number of fused-ring (bicyclic) bond motifs is 2. The number of primary amides is 1.